The molecule has 0 fully saturated rings. The zero-order valence-electron chi connectivity index (χ0n) is 9.45. The normalized spacial score (nSPS) is 10.5. The van der Waals surface area contributed by atoms with Gasteiger partial charge in [-0.05, 0) is 24.9 Å². The summed E-state index contributed by atoms with van der Waals surface area (Å²) in [6.07, 6.45) is 6.56. The topological polar surface area (TPSA) is 42.9 Å². The molecule has 0 N–H and O–H groups in total. The second kappa shape index (κ2) is 6.67. The summed E-state index contributed by atoms with van der Waals surface area (Å²) in [6, 6.07) is 0. The van der Waals surface area contributed by atoms with Gasteiger partial charge in [0.05, 0.1) is 5.69 Å². The number of Topliss-reactive ketones (excluding diaryl/α,β-unsaturated/α-hetero) is 1. The third-order valence-electron chi connectivity index (χ3n) is 2.41. The van der Waals surface area contributed by atoms with Gasteiger partial charge in [0.1, 0.15) is 4.88 Å². The SMILES string of the molecule is CCCCCCCC(=O)c1snnc1C. The zero-order chi connectivity index (χ0) is 11.1. The highest BCUT2D eigenvalue weighted by Gasteiger charge is 2.11. The van der Waals surface area contributed by atoms with Crippen molar-refractivity contribution < 1.29 is 4.79 Å². The number of aryl methyl sites for hydroxylation is 1. The predicted octanol–water partition coefficient (Wildman–Crippen LogP) is 3.39. The van der Waals surface area contributed by atoms with Crippen molar-refractivity contribution in [2.45, 2.75) is 52.4 Å². The molecule has 0 bridgehead atoms. The first kappa shape index (κ1) is 12.3. The number of unbranched alkanes of at least 4 members (excludes halogenated alkanes) is 4. The summed E-state index contributed by atoms with van der Waals surface area (Å²) in [4.78, 5) is 12.4. The fraction of sp³-hybridized carbons (Fsp3) is 0.727. The molecule has 84 valence electrons. The van der Waals surface area contributed by atoms with Crippen LogP contribution in [0.1, 0.15) is 60.8 Å². The Morgan fingerprint density at radius 3 is 2.60 bits per heavy atom. The summed E-state index contributed by atoms with van der Waals surface area (Å²) in [6.45, 7) is 4.03. The fourth-order valence-electron chi connectivity index (χ4n) is 1.49. The predicted molar refractivity (Wildman–Crippen MR) is 62.4 cm³/mol. The van der Waals surface area contributed by atoms with Crippen molar-refractivity contribution in [1.29, 1.82) is 0 Å². The quantitative estimate of drug-likeness (QED) is 0.528. The van der Waals surface area contributed by atoms with Gasteiger partial charge in [-0.25, -0.2) is 0 Å². The number of rotatable bonds is 7. The number of hydrogen-bond acceptors (Lipinski definition) is 4. The molecular weight excluding hydrogens is 208 g/mol. The molecule has 1 aromatic rings. The van der Waals surface area contributed by atoms with Crippen molar-refractivity contribution in [1.82, 2.24) is 9.59 Å². The summed E-state index contributed by atoms with van der Waals surface area (Å²) < 4.78 is 3.77. The highest BCUT2D eigenvalue weighted by molar-refractivity contribution is 7.08. The van der Waals surface area contributed by atoms with Gasteiger partial charge in [0, 0.05) is 6.42 Å². The minimum Gasteiger partial charge on any atom is -0.293 e. The van der Waals surface area contributed by atoms with Crippen LogP contribution < -0.4 is 0 Å². The highest BCUT2D eigenvalue weighted by Crippen LogP contribution is 2.14. The number of nitrogens with zero attached hydrogens (tertiary/aromatic N) is 2. The Morgan fingerprint density at radius 1 is 1.27 bits per heavy atom. The monoisotopic (exact) mass is 226 g/mol. The number of ketones is 1. The van der Waals surface area contributed by atoms with Crippen LogP contribution in [0.3, 0.4) is 0 Å². The first-order chi connectivity index (χ1) is 7.25. The maximum absolute atomic E-state index is 11.7. The first-order valence-corrected chi connectivity index (χ1v) is 6.35. The molecule has 1 heterocycles. The lowest BCUT2D eigenvalue weighted by molar-refractivity contribution is 0.0982. The average molecular weight is 226 g/mol. The van der Waals surface area contributed by atoms with Crippen molar-refractivity contribution in [2.75, 3.05) is 0 Å². The summed E-state index contributed by atoms with van der Waals surface area (Å²) in [5, 5.41) is 3.84. The Kier molecular flexibility index (Phi) is 5.47. The van der Waals surface area contributed by atoms with Crippen molar-refractivity contribution in [2.24, 2.45) is 0 Å². The van der Waals surface area contributed by atoms with E-state index in [4.69, 9.17) is 0 Å². The van der Waals surface area contributed by atoms with E-state index in [2.05, 4.69) is 16.5 Å². The largest absolute Gasteiger partial charge is 0.293 e. The Hall–Kier alpha value is -0.770. The number of aromatic nitrogens is 2. The van der Waals surface area contributed by atoms with Gasteiger partial charge in [-0.1, -0.05) is 37.1 Å². The summed E-state index contributed by atoms with van der Waals surface area (Å²) in [5.41, 5.74) is 0.776. The Bertz CT molecular complexity index is 309. The van der Waals surface area contributed by atoms with Crippen LogP contribution in [-0.4, -0.2) is 15.4 Å². The van der Waals surface area contributed by atoms with Crippen LogP contribution in [0.15, 0.2) is 0 Å². The molecule has 0 atom stereocenters. The van der Waals surface area contributed by atoms with E-state index in [1.54, 1.807) is 0 Å². The molecule has 4 heteroatoms. The molecule has 0 aromatic carbocycles. The molecule has 0 aliphatic heterocycles. The van der Waals surface area contributed by atoms with Crippen LogP contribution in [0, 0.1) is 6.92 Å². The van der Waals surface area contributed by atoms with Crippen LogP contribution in [0.4, 0.5) is 0 Å². The van der Waals surface area contributed by atoms with Crippen LogP contribution in [0.25, 0.3) is 0 Å². The molecule has 15 heavy (non-hydrogen) atoms. The van der Waals surface area contributed by atoms with Crippen LogP contribution in [-0.2, 0) is 0 Å². The molecule has 0 saturated carbocycles. The molecule has 1 aromatic heterocycles. The van der Waals surface area contributed by atoms with E-state index in [0.29, 0.717) is 6.42 Å². The minimum atomic E-state index is 0.207. The second-order valence-electron chi connectivity index (χ2n) is 3.77. The van der Waals surface area contributed by atoms with Gasteiger partial charge in [-0.3, -0.25) is 4.79 Å². The Morgan fingerprint density at radius 2 is 2.00 bits per heavy atom. The molecule has 0 radical (unpaired) electrons. The van der Waals surface area contributed by atoms with Gasteiger partial charge in [0.25, 0.3) is 0 Å². The van der Waals surface area contributed by atoms with E-state index in [1.807, 2.05) is 6.92 Å². The molecule has 0 aliphatic rings. The van der Waals surface area contributed by atoms with E-state index in [-0.39, 0.29) is 5.78 Å². The molecule has 0 amide bonds. The standard InChI is InChI=1S/C11H18N2OS/c1-3-4-5-6-7-8-10(14)11-9(2)12-13-15-11/h3-8H2,1-2H3. The summed E-state index contributed by atoms with van der Waals surface area (Å²) in [5.74, 6) is 0.207. The fourth-order valence-corrected chi connectivity index (χ4v) is 2.11. The lowest BCUT2D eigenvalue weighted by atomic mass is 10.1. The van der Waals surface area contributed by atoms with E-state index in [9.17, 15) is 4.79 Å². The van der Waals surface area contributed by atoms with Crippen molar-refractivity contribution >= 4 is 17.3 Å². The van der Waals surface area contributed by atoms with Gasteiger partial charge in [0.15, 0.2) is 5.78 Å². The Balaban J connectivity index is 2.22. The van der Waals surface area contributed by atoms with Crippen LogP contribution >= 0.6 is 11.5 Å². The van der Waals surface area contributed by atoms with Gasteiger partial charge in [0.2, 0.25) is 0 Å². The van der Waals surface area contributed by atoms with E-state index < -0.39 is 0 Å². The smallest absolute Gasteiger partial charge is 0.176 e. The van der Waals surface area contributed by atoms with Crippen LogP contribution in [0.5, 0.6) is 0 Å². The lowest BCUT2D eigenvalue weighted by Gasteiger charge is -1.98. The number of hydrogen-bond donors (Lipinski definition) is 0. The molecule has 0 spiro atoms. The molecular formula is C11H18N2OS. The molecule has 3 nitrogen and oxygen atoms in total. The Labute approximate surface area is 95.1 Å². The summed E-state index contributed by atoms with van der Waals surface area (Å²) in [7, 11) is 0. The van der Waals surface area contributed by atoms with Gasteiger partial charge >= 0.3 is 0 Å². The van der Waals surface area contributed by atoms with Crippen molar-refractivity contribution in [3.05, 3.63) is 10.6 Å². The molecule has 0 aliphatic carbocycles. The minimum absolute atomic E-state index is 0.207. The van der Waals surface area contributed by atoms with Gasteiger partial charge in [-0.2, -0.15) is 0 Å². The molecule has 0 unspecified atom stereocenters. The maximum Gasteiger partial charge on any atom is 0.176 e. The van der Waals surface area contributed by atoms with Crippen molar-refractivity contribution in [3.8, 4) is 0 Å². The molecule has 1 rings (SSSR count). The lowest BCUT2D eigenvalue weighted by Crippen LogP contribution is -1.98. The van der Waals surface area contributed by atoms with Crippen LogP contribution in [0.2, 0.25) is 0 Å². The maximum atomic E-state index is 11.7. The number of carbonyl (C=O) groups is 1. The highest BCUT2D eigenvalue weighted by atomic mass is 32.1. The second-order valence-corrected chi connectivity index (χ2v) is 4.53. The summed E-state index contributed by atoms with van der Waals surface area (Å²) >= 11 is 1.22. The molecule has 0 saturated heterocycles. The third kappa shape index (κ3) is 4.08. The zero-order valence-corrected chi connectivity index (χ0v) is 10.3. The van der Waals surface area contributed by atoms with Gasteiger partial charge in [-0.15, -0.1) is 5.10 Å². The number of carbonyl (C=O) groups excluding carboxylic acids is 1. The van der Waals surface area contributed by atoms with E-state index in [0.717, 1.165) is 23.4 Å². The average Bonchev–Trinajstić information content (AvgIpc) is 2.64. The van der Waals surface area contributed by atoms with Gasteiger partial charge < -0.3 is 0 Å². The van der Waals surface area contributed by atoms with E-state index >= 15 is 0 Å². The van der Waals surface area contributed by atoms with E-state index in [1.165, 1.54) is 30.8 Å². The third-order valence-corrected chi connectivity index (χ3v) is 3.28. The first-order valence-electron chi connectivity index (χ1n) is 5.58. The van der Waals surface area contributed by atoms with Crippen molar-refractivity contribution in [3.63, 3.8) is 0 Å².